The number of hydrogen-bond donors (Lipinski definition) is 3. The number of benzene rings is 4. The van der Waals surface area contributed by atoms with Gasteiger partial charge in [-0.2, -0.15) is 4.72 Å². The molecule has 0 spiro atoms. The fourth-order valence-corrected chi connectivity index (χ4v) is 5.71. The highest BCUT2D eigenvalue weighted by Gasteiger charge is 2.28. The molecule has 39 heavy (non-hydrogen) atoms. The Kier molecular flexibility index (Phi) is 6.94. The Morgan fingerprint density at radius 1 is 0.821 bits per heavy atom. The van der Waals surface area contributed by atoms with Gasteiger partial charge in [-0.3, -0.25) is 9.59 Å². The number of amides is 1. The Hall–Kier alpha value is -4.47. The molecule has 0 unspecified atom stereocenters. The van der Waals surface area contributed by atoms with E-state index >= 15 is 0 Å². The minimum atomic E-state index is -4.00. The Morgan fingerprint density at radius 3 is 2.10 bits per heavy atom. The van der Waals surface area contributed by atoms with Crippen LogP contribution in [0.5, 0.6) is 0 Å². The topological polar surface area (TPSA) is 126 Å². The van der Waals surface area contributed by atoms with Gasteiger partial charge in [-0.1, -0.05) is 68.4 Å². The molecule has 9 heteroatoms. The first-order chi connectivity index (χ1) is 18.6. The van der Waals surface area contributed by atoms with E-state index in [0.29, 0.717) is 11.3 Å². The molecule has 5 aromatic rings. The van der Waals surface area contributed by atoms with Crippen LogP contribution in [-0.4, -0.2) is 31.4 Å². The zero-order chi connectivity index (χ0) is 27.7. The Labute approximate surface area is 225 Å². The first kappa shape index (κ1) is 26.1. The molecule has 1 heterocycles. The van der Waals surface area contributed by atoms with Gasteiger partial charge in [0.2, 0.25) is 10.0 Å². The van der Waals surface area contributed by atoms with E-state index in [4.69, 9.17) is 4.42 Å². The number of sulfonamides is 1. The van der Waals surface area contributed by atoms with E-state index in [0.717, 1.165) is 27.3 Å². The van der Waals surface area contributed by atoms with Crippen molar-refractivity contribution < 1.29 is 27.5 Å². The smallest absolute Gasteiger partial charge is 0.322 e. The number of fused-ring (bicyclic) bond motifs is 3. The van der Waals surface area contributed by atoms with Gasteiger partial charge in [0.25, 0.3) is 5.91 Å². The van der Waals surface area contributed by atoms with E-state index in [1.807, 2.05) is 48.5 Å². The van der Waals surface area contributed by atoms with Crippen LogP contribution < -0.4 is 10.0 Å². The molecule has 5 rings (SSSR count). The quantitative estimate of drug-likeness (QED) is 0.224. The molecule has 0 saturated heterocycles. The minimum Gasteiger partial charge on any atom is -0.480 e. The van der Waals surface area contributed by atoms with Crippen molar-refractivity contribution in [3.05, 3.63) is 96.8 Å². The lowest BCUT2D eigenvalue weighted by molar-refractivity contribution is -0.140. The van der Waals surface area contributed by atoms with Crippen LogP contribution >= 0.6 is 0 Å². The number of hydrogen-bond acceptors (Lipinski definition) is 5. The van der Waals surface area contributed by atoms with Crippen LogP contribution in [0.1, 0.15) is 24.4 Å². The zero-order valence-corrected chi connectivity index (χ0v) is 22.0. The van der Waals surface area contributed by atoms with Gasteiger partial charge >= 0.3 is 5.97 Å². The van der Waals surface area contributed by atoms with Gasteiger partial charge in [-0.15, -0.1) is 0 Å². The molecular formula is C30H26N2O6S. The van der Waals surface area contributed by atoms with Gasteiger partial charge in [0.15, 0.2) is 5.76 Å². The molecule has 3 N–H and O–H groups in total. The van der Waals surface area contributed by atoms with Gasteiger partial charge < -0.3 is 14.8 Å². The molecule has 0 saturated carbocycles. The number of anilines is 1. The monoisotopic (exact) mass is 542 g/mol. The molecule has 1 amide bonds. The average molecular weight is 543 g/mol. The number of furan rings is 1. The van der Waals surface area contributed by atoms with Gasteiger partial charge in [-0.05, 0) is 64.2 Å². The second kappa shape index (κ2) is 10.4. The highest BCUT2D eigenvalue weighted by molar-refractivity contribution is 7.89. The normalized spacial score (nSPS) is 12.6. The maximum atomic E-state index is 12.9. The van der Waals surface area contributed by atoms with E-state index in [1.54, 1.807) is 44.2 Å². The average Bonchev–Trinajstić information content (AvgIpc) is 3.37. The summed E-state index contributed by atoms with van der Waals surface area (Å²) in [5, 5.41) is 15.1. The summed E-state index contributed by atoms with van der Waals surface area (Å²) in [7, 11) is -4.00. The van der Waals surface area contributed by atoms with Crippen LogP contribution in [-0.2, 0) is 14.8 Å². The lowest BCUT2D eigenvalue weighted by atomic mass is 10.1. The summed E-state index contributed by atoms with van der Waals surface area (Å²) in [6.45, 7) is 3.27. The molecule has 0 radical (unpaired) electrons. The van der Waals surface area contributed by atoms with Crippen LogP contribution in [0.2, 0.25) is 0 Å². The summed E-state index contributed by atoms with van der Waals surface area (Å²) in [5.74, 6) is -1.81. The molecule has 0 aliphatic carbocycles. The summed E-state index contributed by atoms with van der Waals surface area (Å²) in [6, 6.07) is 25.5. The van der Waals surface area contributed by atoms with Crippen molar-refractivity contribution >= 4 is 49.3 Å². The van der Waals surface area contributed by atoms with Gasteiger partial charge in [0.05, 0.1) is 4.90 Å². The number of carbonyl (C=O) groups excluding carboxylic acids is 1. The maximum Gasteiger partial charge on any atom is 0.322 e. The number of carbonyl (C=O) groups is 2. The number of aliphatic carboxylic acids is 1. The van der Waals surface area contributed by atoms with Crippen molar-refractivity contribution in [2.24, 2.45) is 5.92 Å². The van der Waals surface area contributed by atoms with Crippen LogP contribution in [0.3, 0.4) is 0 Å². The molecule has 8 nitrogen and oxygen atoms in total. The second-order valence-electron chi connectivity index (χ2n) is 9.55. The lowest BCUT2D eigenvalue weighted by Gasteiger charge is -2.18. The maximum absolute atomic E-state index is 12.9. The van der Waals surface area contributed by atoms with Gasteiger partial charge in [-0.25, -0.2) is 8.42 Å². The second-order valence-corrected chi connectivity index (χ2v) is 11.3. The van der Waals surface area contributed by atoms with E-state index in [9.17, 15) is 23.1 Å². The fourth-order valence-electron chi connectivity index (χ4n) is 4.38. The predicted octanol–water partition coefficient (Wildman–Crippen LogP) is 5.89. The number of nitrogens with one attached hydrogen (secondary N) is 2. The number of rotatable bonds is 8. The predicted molar refractivity (Wildman–Crippen MR) is 150 cm³/mol. The van der Waals surface area contributed by atoms with Crippen molar-refractivity contribution in [3.8, 4) is 11.1 Å². The molecule has 1 atom stereocenters. The molecule has 4 aromatic carbocycles. The Bertz CT molecular complexity index is 1790. The first-order valence-corrected chi connectivity index (χ1v) is 13.8. The van der Waals surface area contributed by atoms with Crippen molar-refractivity contribution in [2.75, 3.05) is 5.32 Å². The molecule has 0 aliphatic heterocycles. The summed E-state index contributed by atoms with van der Waals surface area (Å²) >= 11 is 0. The fraction of sp³-hybridized carbons (Fsp3) is 0.133. The third-order valence-electron chi connectivity index (χ3n) is 6.51. The molecule has 0 bridgehead atoms. The summed E-state index contributed by atoms with van der Waals surface area (Å²) in [5.41, 5.74) is 2.78. The van der Waals surface area contributed by atoms with E-state index in [-0.39, 0.29) is 16.6 Å². The molecular weight excluding hydrogens is 516 g/mol. The van der Waals surface area contributed by atoms with Crippen LogP contribution in [0, 0.1) is 5.92 Å². The van der Waals surface area contributed by atoms with Crippen LogP contribution in [0.25, 0.3) is 32.9 Å². The third-order valence-corrected chi connectivity index (χ3v) is 7.96. The molecule has 198 valence electrons. The lowest BCUT2D eigenvalue weighted by Crippen LogP contribution is -2.44. The van der Waals surface area contributed by atoms with E-state index in [2.05, 4.69) is 10.0 Å². The zero-order valence-electron chi connectivity index (χ0n) is 21.2. The standard InChI is InChI=1S/C30H26N2O6S/c1-18(2)28(30(34)35)32-39(36,37)23-14-9-20(10-15-23)19-7-12-22(13-8-19)31-29(33)27-17-25-24-6-4-3-5-21(24)11-16-26(25)38-27/h3-18,28,32H,1-2H3,(H,31,33)(H,34,35)/t28-/m0/s1. The van der Waals surface area contributed by atoms with Crippen molar-refractivity contribution in [1.29, 1.82) is 0 Å². The SMILES string of the molecule is CC(C)[C@H](NS(=O)(=O)c1ccc(-c2ccc(NC(=O)c3cc4c(ccc5ccccc54)o3)cc2)cc1)C(=O)O. The Morgan fingerprint density at radius 2 is 1.46 bits per heavy atom. The molecule has 1 aromatic heterocycles. The van der Waals surface area contributed by atoms with Crippen molar-refractivity contribution in [3.63, 3.8) is 0 Å². The summed E-state index contributed by atoms with van der Waals surface area (Å²) < 4.78 is 33.4. The number of carboxylic acids is 1. The number of carboxylic acid groups (broad SMARTS) is 1. The van der Waals surface area contributed by atoms with E-state index < -0.39 is 28.0 Å². The van der Waals surface area contributed by atoms with Gasteiger partial charge in [0.1, 0.15) is 11.6 Å². The van der Waals surface area contributed by atoms with Crippen molar-refractivity contribution in [2.45, 2.75) is 24.8 Å². The third kappa shape index (κ3) is 5.41. The van der Waals surface area contributed by atoms with Gasteiger partial charge in [0, 0.05) is 11.1 Å². The Balaban J connectivity index is 1.29. The summed E-state index contributed by atoms with van der Waals surface area (Å²) in [6.07, 6.45) is 0. The largest absolute Gasteiger partial charge is 0.480 e. The molecule has 0 fully saturated rings. The first-order valence-electron chi connectivity index (χ1n) is 12.3. The summed E-state index contributed by atoms with van der Waals surface area (Å²) in [4.78, 5) is 24.2. The highest BCUT2D eigenvalue weighted by atomic mass is 32.2. The van der Waals surface area contributed by atoms with Crippen molar-refractivity contribution in [1.82, 2.24) is 4.72 Å². The van der Waals surface area contributed by atoms with Crippen LogP contribution in [0.15, 0.2) is 100 Å². The molecule has 0 aliphatic rings. The van der Waals surface area contributed by atoms with Crippen LogP contribution in [0.4, 0.5) is 5.69 Å². The van der Waals surface area contributed by atoms with E-state index in [1.165, 1.54) is 12.1 Å². The minimum absolute atomic E-state index is 0.0272. The highest BCUT2D eigenvalue weighted by Crippen LogP contribution is 2.29.